The molecule has 0 atom stereocenters. The van der Waals surface area contributed by atoms with Crippen molar-refractivity contribution in [3.05, 3.63) is 70.9 Å². The molecule has 2 fully saturated rings. The Labute approximate surface area is 262 Å². The van der Waals surface area contributed by atoms with Crippen molar-refractivity contribution in [1.82, 2.24) is 19.5 Å². The molecule has 0 aliphatic heterocycles. The number of aromatic nitrogens is 3. The number of hydrogen-bond donors (Lipinski definition) is 0. The molecule has 0 saturated heterocycles. The van der Waals surface area contributed by atoms with E-state index in [0.29, 0.717) is 56.5 Å². The topological polar surface area (TPSA) is 104 Å². The average Bonchev–Trinajstić information content (AvgIpc) is 3.94. The van der Waals surface area contributed by atoms with Gasteiger partial charge in [0.2, 0.25) is 4.96 Å². The fraction of sp³-hybridized carbons (Fsp3) is 0.312. The molecular formula is C32H31N5O5S2. The summed E-state index contributed by atoms with van der Waals surface area (Å²) in [4.78, 5) is 24.7. The number of amides is 1. The second kappa shape index (κ2) is 12.0. The standard InChI is InChI=1S/C32H31N5O5S2/c1-33-21(18-43-17-19-4-6-20(7-5-19)30(38)37(22-8-9-22)23-10-11-23)16-41-27-12-24(39-2)13-28-25(27)14-29(42-28)26-15-36-31(34-26)44-32(35-36)40-3/h4-7,12-15,18,22-23H,1,8-11,16-17H2,2-3H3/b21-18-. The molecule has 5 aromatic rings. The number of carbonyl (C=O) groups is 1. The molecule has 0 N–H and O–H groups in total. The highest BCUT2D eigenvalue weighted by Crippen LogP contribution is 2.39. The van der Waals surface area contributed by atoms with Crippen LogP contribution in [0.5, 0.6) is 16.7 Å². The first kappa shape index (κ1) is 28.5. The SMILES string of the molecule is C=N/C(=C\SCc1ccc(C(=O)N(C2CC2)C2CC2)cc1)COc1cc(OC)cc2oc(-c3cn4nc(OC)sc4n3)cc12. The van der Waals surface area contributed by atoms with Crippen molar-refractivity contribution in [1.29, 1.82) is 0 Å². The number of rotatable bonds is 13. The lowest BCUT2D eigenvalue weighted by Gasteiger charge is -2.22. The zero-order valence-electron chi connectivity index (χ0n) is 24.4. The van der Waals surface area contributed by atoms with E-state index < -0.39 is 0 Å². The van der Waals surface area contributed by atoms with E-state index in [0.717, 1.165) is 47.9 Å². The van der Waals surface area contributed by atoms with Crippen LogP contribution in [0.2, 0.25) is 0 Å². The van der Waals surface area contributed by atoms with E-state index in [9.17, 15) is 4.79 Å². The van der Waals surface area contributed by atoms with Gasteiger partial charge in [-0.25, -0.2) is 9.50 Å². The van der Waals surface area contributed by atoms with Gasteiger partial charge in [-0.2, -0.15) is 0 Å². The maximum atomic E-state index is 13.0. The molecule has 3 heterocycles. The van der Waals surface area contributed by atoms with Crippen molar-refractivity contribution < 1.29 is 23.4 Å². The number of fused-ring (bicyclic) bond motifs is 2. The van der Waals surface area contributed by atoms with Gasteiger partial charge < -0.3 is 23.5 Å². The van der Waals surface area contributed by atoms with Crippen molar-refractivity contribution in [3.8, 4) is 28.1 Å². The fourth-order valence-corrected chi connectivity index (χ4v) is 6.56. The van der Waals surface area contributed by atoms with Crippen molar-refractivity contribution >= 4 is 51.7 Å². The van der Waals surface area contributed by atoms with Gasteiger partial charge in [-0.05, 0) is 72.9 Å². The highest BCUT2D eigenvalue weighted by molar-refractivity contribution is 8.01. The summed E-state index contributed by atoms with van der Waals surface area (Å²) in [6.45, 7) is 3.95. The molecule has 44 heavy (non-hydrogen) atoms. The maximum Gasteiger partial charge on any atom is 0.294 e. The lowest BCUT2D eigenvalue weighted by molar-refractivity contribution is 0.0730. The monoisotopic (exact) mass is 629 g/mol. The maximum absolute atomic E-state index is 13.0. The Balaban J connectivity index is 1.01. The summed E-state index contributed by atoms with van der Waals surface area (Å²) in [5.74, 6) is 2.70. The number of benzene rings is 2. The Hall–Kier alpha value is -4.29. The molecule has 2 aromatic carbocycles. The molecule has 1 amide bonds. The summed E-state index contributed by atoms with van der Waals surface area (Å²) in [5.41, 5.74) is 3.86. The molecule has 7 rings (SSSR count). The Bertz CT molecular complexity index is 1820. The normalized spacial score (nSPS) is 15.1. The van der Waals surface area contributed by atoms with E-state index >= 15 is 0 Å². The summed E-state index contributed by atoms with van der Waals surface area (Å²) < 4.78 is 24.7. The zero-order chi connectivity index (χ0) is 30.2. The van der Waals surface area contributed by atoms with Crippen LogP contribution in [0.4, 0.5) is 0 Å². The fourth-order valence-electron chi connectivity index (χ4n) is 5.06. The molecule has 2 saturated carbocycles. The quantitative estimate of drug-likeness (QED) is 0.130. The van der Waals surface area contributed by atoms with E-state index in [2.05, 4.69) is 26.7 Å². The number of thioether (sulfide) groups is 1. The summed E-state index contributed by atoms with van der Waals surface area (Å²) in [5, 5.41) is 7.61. The van der Waals surface area contributed by atoms with Crippen LogP contribution >= 0.6 is 23.1 Å². The third-order valence-corrected chi connectivity index (χ3v) is 9.45. The number of imidazole rings is 1. The van der Waals surface area contributed by atoms with Gasteiger partial charge in [-0.3, -0.25) is 9.79 Å². The number of carbonyl (C=O) groups excluding carboxylic acids is 1. The van der Waals surface area contributed by atoms with Gasteiger partial charge in [0, 0.05) is 35.5 Å². The van der Waals surface area contributed by atoms with Crippen molar-refractivity contribution in [2.45, 2.75) is 43.5 Å². The summed E-state index contributed by atoms with van der Waals surface area (Å²) in [6.07, 6.45) is 6.34. The molecule has 0 radical (unpaired) electrons. The minimum absolute atomic E-state index is 0.170. The molecule has 2 aliphatic carbocycles. The summed E-state index contributed by atoms with van der Waals surface area (Å²) in [7, 11) is 3.18. The number of nitrogens with zero attached hydrogens (tertiary/aromatic N) is 5. The van der Waals surface area contributed by atoms with Gasteiger partial charge >= 0.3 is 0 Å². The Kier molecular flexibility index (Phi) is 7.77. The van der Waals surface area contributed by atoms with E-state index in [4.69, 9.17) is 18.6 Å². The molecule has 3 aromatic heterocycles. The minimum atomic E-state index is 0.170. The van der Waals surface area contributed by atoms with Crippen LogP contribution in [0.25, 0.3) is 27.4 Å². The lowest BCUT2D eigenvalue weighted by Crippen LogP contribution is -2.35. The molecule has 12 heteroatoms. The molecule has 2 aliphatic rings. The van der Waals surface area contributed by atoms with Gasteiger partial charge in [0.15, 0.2) is 5.76 Å². The van der Waals surface area contributed by atoms with Gasteiger partial charge in [0.25, 0.3) is 11.1 Å². The van der Waals surface area contributed by atoms with Crippen LogP contribution < -0.4 is 14.2 Å². The first-order chi connectivity index (χ1) is 21.5. The van der Waals surface area contributed by atoms with Crippen molar-refractivity contribution in [3.63, 3.8) is 0 Å². The van der Waals surface area contributed by atoms with Crippen LogP contribution in [0.15, 0.2) is 69.2 Å². The molecule has 10 nitrogen and oxygen atoms in total. The average molecular weight is 630 g/mol. The Morgan fingerprint density at radius 2 is 1.93 bits per heavy atom. The smallest absolute Gasteiger partial charge is 0.294 e. The van der Waals surface area contributed by atoms with E-state index in [1.165, 1.54) is 11.3 Å². The third-order valence-electron chi connectivity index (χ3n) is 7.62. The van der Waals surface area contributed by atoms with Gasteiger partial charge in [0.1, 0.15) is 29.4 Å². The Morgan fingerprint density at radius 3 is 2.59 bits per heavy atom. The molecule has 0 bridgehead atoms. The van der Waals surface area contributed by atoms with Crippen molar-refractivity contribution in [2.24, 2.45) is 4.99 Å². The Morgan fingerprint density at radius 1 is 1.16 bits per heavy atom. The van der Waals surface area contributed by atoms with Crippen LogP contribution in [0.3, 0.4) is 0 Å². The highest BCUT2D eigenvalue weighted by Gasteiger charge is 2.42. The molecule has 0 unspecified atom stereocenters. The number of ether oxygens (including phenoxy) is 3. The van der Waals surface area contributed by atoms with Gasteiger partial charge in [-0.15, -0.1) is 16.9 Å². The van der Waals surface area contributed by atoms with Crippen LogP contribution in [0.1, 0.15) is 41.6 Å². The number of methoxy groups -OCH3 is 2. The second-order valence-corrected chi connectivity index (χ2v) is 12.6. The predicted octanol–water partition coefficient (Wildman–Crippen LogP) is 6.84. The van der Waals surface area contributed by atoms with E-state index in [-0.39, 0.29) is 12.5 Å². The van der Waals surface area contributed by atoms with Crippen LogP contribution in [-0.2, 0) is 5.75 Å². The highest BCUT2D eigenvalue weighted by atomic mass is 32.2. The van der Waals surface area contributed by atoms with E-state index in [1.807, 2.05) is 47.9 Å². The molecule has 0 spiro atoms. The predicted molar refractivity (Wildman–Crippen MR) is 172 cm³/mol. The van der Waals surface area contributed by atoms with Crippen LogP contribution in [-0.4, -0.2) is 65.0 Å². The van der Waals surface area contributed by atoms with Gasteiger partial charge in [-0.1, -0.05) is 12.1 Å². The first-order valence-corrected chi connectivity index (χ1v) is 16.2. The molecular weight excluding hydrogens is 599 g/mol. The third kappa shape index (κ3) is 5.91. The van der Waals surface area contributed by atoms with E-state index in [1.54, 1.807) is 36.7 Å². The lowest BCUT2D eigenvalue weighted by atomic mass is 10.1. The number of aliphatic imine (C=N–C) groups is 1. The first-order valence-electron chi connectivity index (χ1n) is 14.4. The summed E-state index contributed by atoms with van der Waals surface area (Å²) in [6, 6.07) is 14.4. The molecule has 226 valence electrons. The van der Waals surface area contributed by atoms with Gasteiger partial charge in [0.05, 0.1) is 31.5 Å². The zero-order valence-corrected chi connectivity index (χ0v) is 26.0. The number of hydrogen-bond acceptors (Lipinski definition) is 10. The summed E-state index contributed by atoms with van der Waals surface area (Å²) >= 11 is 2.95. The van der Waals surface area contributed by atoms with Crippen molar-refractivity contribution in [2.75, 3.05) is 20.8 Å². The second-order valence-electron chi connectivity index (χ2n) is 10.8. The number of furan rings is 1. The largest absolute Gasteiger partial charge is 0.496 e. The van der Waals surface area contributed by atoms with Crippen LogP contribution in [0, 0.1) is 0 Å². The minimum Gasteiger partial charge on any atom is -0.496 e.